The molecule has 0 amide bonds. The van der Waals surface area contributed by atoms with Gasteiger partial charge < -0.3 is 10.6 Å². The number of fused-ring (bicyclic) bond motifs is 1. The van der Waals surface area contributed by atoms with E-state index in [1.54, 1.807) is 6.92 Å². The Bertz CT molecular complexity index is 591. The molecule has 1 aromatic carbocycles. The Morgan fingerprint density at radius 2 is 1.88 bits per heavy atom. The highest BCUT2D eigenvalue weighted by Crippen LogP contribution is 2.23. The third kappa shape index (κ3) is 2.12. The molecule has 4 nitrogen and oxygen atoms in total. The van der Waals surface area contributed by atoms with Crippen LogP contribution in [-0.4, -0.2) is 21.5 Å². The lowest BCUT2D eigenvalue weighted by Crippen LogP contribution is -2.04. The van der Waals surface area contributed by atoms with Gasteiger partial charge in [-0.25, -0.2) is 4.79 Å². The third-order valence-electron chi connectivity index (χ3n) is 2.84. The van der Waals surface area contributed by atoms with E-state index in [0.717, 1.165) is 27.7 Å². The first kappa shape index (κ1) is 13.1. The molecule has 1 heterocycles. The van der Waals surface area contributed by atoms with Crippen molar-refractivity contribution in [3.8, 4) is 0 Å². The van der Waals surface area contributed by atoms with Crippen LogP contribution < -0.4 is 0 Å². The van der Waals surface area contributed by atoms with Crippen LogP contribution >= 0.6 is 0 Å². The van der Waals surface area contributed by atoms with Crippen LogP contribution in [0.4, 0.5) is 0 Å². The molecule has 2 aromatic rings. The minimum Gasteiger partial charge on any atom is -0.478 e. The number of hydrogen-bond donors (Lipinski definition) is 1. The molecule has 0 atom stereocenters. The summed E-state index contributed by atoms with van der Waals surface area (Å²) in [5.41, 5.74) is 3.66. The average molecular weight is 233 g/mol. The zero-order valence-electron chi connectivity index (χ0n) is 10.0. The van der Waals surface area contributed by atoms with Gasteiger partial charge in [0.15, 0.2) is 0 Å². The number of aromatic nitrogens is 1. The van der Waals surface area contributed by atoms with Crippen LogP contribution in [0.25, 0.3) is 10.9 Å². The second-order valence-electron chi connectivity index (χ2n) is 4.02. The molecular weight excluding hydrogens is 218 g/mol. The second-order valence-corrected chi connectivity index (χ2v) is 4.02. The Balaban J connectivity index is 0.00000144. The molecule has 4 heteroatoms. The van der Waals surface area contributed by atoms with E-state index in [4.69, 9.17) is 0 Å². The van der Waals surface area contributed by atoms with E-state index >= 15 is 0 Å². The standard InChI is InChI=1S/C13H13NO2.H2O/c1-7-4-5-11-10(6-7)12(13(15)16)8(2)9(3)14-11;/h4-6H,1-3H3,(H,15,16);1H2. The number of aromatic carboxylic acids is 1. The largest absolute Gasteiger partial charge is 0.478 e. The van der Waals surface area contributed by atoms with E-state index in [1.165, 1.54) is 0 Å². The molecule has 0 bridgehead atoms. The van der Waals surface area contributed by atoms with E-state index in [9.17, 15) is 9.90 Å². The van der Waals surface area contributed by atoms with Gasteiger partial charge in [0.25, 0.3) is 0 Å². The summed E-state index contributed by atoms with van der Waals surface area (Å²) >= 11 is 0. The van der Waals surface area contributed by atoms with Gasteiger partial charge in [0.1, 0.15) is 0 Å². The molecule has 17 heavy (non-hydrogen) atoms. The van der Waals surface area contributed by atoms with Gasteiger partial charge in [0.05, 0.1) is 11.1 Å². The van der Waals surface area contributed by atoms with Crippen molar-refractivity contribution in [3.05, 3.63) is 40.6 Å². The summed E-state index contributed by atoms with van der Waals surface area (Å²) in [4.78, 5) is 15.7. The number of carboxylic acid groups (broad SMARTS) is 1. The highest BCUT2D eigenvalue weighted by molar-refractivity contribution is 6.04. The predicted octanol–water partition coefficient (Wildman–Crippen LogP) is 2.03. The van der Waals surface area contributed by atoms with Crippen LogP contribution in [0.15, 0.2) is 18.2 Å². The Morgan fingerprint density at radius 1 is 1.24 bits per heavy atom. The van der Waals surface area contributed by atoms with Crippen molar-refractivity contribution in [2.45, 2.75) is 20.8 Å². The van der Waals surface area contributed by atoms with Crippen molar-refractivity contribution in [2.24, 2.45) is 0 Å². The molecule has 0 aliphatic carbocycles. The summed E-state index contributed by atoms with van der Waals surface area (Å²) in [5, 5.41) is 9.97. The van der Waals surface area contributed by atoms with Crippen molar-refractivity contribution in [1.29, 1.82) is 0 Å². The van der Waals surface area contributed by atoms with Crippen molar-refractivity contribution >= 4 is 16.9 Å². The number of carboxylic acids is 1. The predicted molar refractivity (Wildman–Crippen MR) is 66.5 cm³/mol. The van der Waals surface area contributed by atoms with Crippen LogP contribution in [0, 0.1) is 20.8 Å². The maximum absolute atomic E-state index is 11.3. The van der Waals surface area contributed by atoms with Gasteiger partial charge in [-0.3, -0.25) is 4.98 Å². The second kappa shape index (κ2) is 4.51. The van der Waals surface area contributed by atoms with Gasteiger partial charge >= 0.3 is 5.97 Å². The summed E-state index contributed by atoms with van der Waals surface area (Å²) in [7, 11) is 0. The third-order valence-corrected chi connectivity index (χ3v) is 2.84. The van der Waals surface area contributed by atoms with Crippen LogP contribution in [-0.2, 0) is 0 Å². The maximum atomic E-state index is 11.3. The Labute approximate surface area is 99.2 Å². The van der Waals surface area contributed by atoms with E-state index in [2.05, 4.69) is 4.98 Å². The highest BCUT2D eigenvalue weighted by atomic mass is 16.4. The molecule has 0 saturated carbocycles. The Kier molecular flexibility index (Phi) is 3.48. The summed E-state index contributed by atoms with van der Waals surface area (Å²) in [6.07, 6.45) is 0. The summed E-state index contributed by atoms with van der Waals surface area (Å²) in [6, 6.07) is 5.68. The molecule has 0 radical (unpaired) electrons. The van der Waals surface area contributed by atoms with Gasteiger partial charge in [-0.2, -0.15) is 0 Å². The fourth-order valence-electron chi connectivity index (χ4n) is 1.87. The fraction of sp³-hybridized carbons (Fsp3) is 0.231. The molecule has 0 unspecified atom stereocenters. The first-order valence-electron chi connectivity index (χ1n) is 5.11. The first-order chi connectivity index (χ1) is 7.50. The van der Waals surface area contributed by atoms with Crippen LogP contribution in [0.1, 0.15) is 27.2 Å². The van der Waals surface area contributed by atoms with Gasteiger partial charge in [-0.1, -0.05) is 11.6 Å². The van der Waals surface area contributed by atoms with Crippen molar-refractivity contribution < 1.29 is 15.4 Å². The summed E-state index contributed by atoms with van der Waals surface area (Å²) in [6.45, 7) is 5.58. The van der Waals surface area contributed by atoms with E-state index in [-0.39, 0.29) is 5.48 Å². The number of rotatable bonds is 1. The minimum absolute atomic E-state index is 0. The Hall–Kier alpha value is -1.94. The molecule has 0 aliphatic heterocycles. The molecule has 0 saturated heterocycles. The van der Waals surface area contributed by atoms with Gasteiger partial charge in [0.2, 0.25) is 0 Å². The number of aryl methyl sites for hydroxylation is 2. The highest BCUT2D eigenvalue weighted by Gasteiger charge is 2.15. The quantitative estimate of drug-likeness (QED) is 0.818. The monoisotopic (exact) mass is 233 g/mol. The number of hydrogen-bond acceptors (Lipinski definition) is 2. The van der Waals surface area contributed by atoms with Crippen LogP contribution in [0.3, 0.4) is 0 Å². The molecule has 0 fully saturated rings. The van der Waals surface area contributed by atoms with Crippen molar-refractivity contribution in [3.63, 3.8) is 0 Å². The SMILES string of the molecule is Cc1ccc2nc(C)c(C)c(C(=O)O)c2c1.O. The topological polar surface area (TPSA) is 81.7 Å². The molecule has 0 aliphatic rings. The Morgan fingerprint density at radius 3 is 2.47 bits per heavy atom. The molecule has 2 rings (SSSR count). The zero-order chi connectivity index (χ0) is 11.9. The van der Waals surface area contributed by atoms with Gasteiger partial charge in [0, 0.05) is 11.1 Å². The lowest BCUT2D eigenvalue weighted by atomic mass is 10.0. The number of nitrogens with zero attached hydrogens (tertiary/aromatic N) is 1. The minimum atomic E-state index is -0.890. The smallest absolute Gasteiger partial charge is 0.336 e. The van der Waals surface area contributed by atoms with Crippen molar-refractivity contribution in [2.75, 3.05) is 0 Å². The molecular formula is C13H15NO3. The number of benzene rings is 1. The number of carbonyl (C=O) groups is 1. The van der Waals surface area contributed by atoms with Gasteiger partial charge in [-0.15, -0.1) is 0 Å². The van der Waals surface area contributed by atoms with E-state index in [0.29, 0.717) is 5.56 Å². The van der Waals surface area contributed by atoms with E-state index < -0.39 is 5.97 Å². The number of pyridine rings is 1. The fourth-order valence-corrected chi connectivity index (χ4v) is 1.87. The van der Waals surface area contributed by atoms with E-state index in [1.807, 2.05) is 32.0 Å². The first-order valence-corrected chi connectivity index (χ1v) is 5.11. The molecule has 3 N–H and O–H groups in total. The molecule has 90 valence electrons. The van der Waals surface area contributed by atoms with Gasteiger partial charge in [-0.05, 0) is 38.5 Å². The maximum Gasteiger partial charge on any atom is 0.336 e. The van der Waals surface area contributed by atoms with Crippen molar-refractivity contribution in [1.82, 2.24) is 4.98 Å². The molecule has 0 spiro atoms. The van der Waals surface area contributed by atoms with Crippen LogP contribution in [0.5, 0.6) is 0 Å². The zero-order valence-corrected chi connectivity index (χ0v) is 10.0. The summed E-state index contributed by atoms with van der Waals surface area (Å²) in [5.74, 6) is -0.890. The summed E-state index contributed by atoms with van der Waals surface area (Å²) < 4.78 is 0. The molecule has 1 aromatic heterocycles. The van der Waals surface area contributed by atoms with Crippen LogP contribution in [0.2, 0.25) is 0 Å². The normalized spacial score (nSPS) is 10.1. The lowest BCUT2D eigenvalue weighted by molar-refractivity contribution is 0.0698. The lowest BCUT2D eigenvalue weighted by Gasteiger charge is -2.09. The average Bonchev–Trinajstić information content (AvgIpc) is 2.20.